The first-order valence-electron chi connectivity index (χ1n) is 4.62. The molecular weight excluding hydrogens is 208 g/mol. The van der Waals surface area contributed by atoms with E-state index in [4.69, 9.17) is 20.6 Å². The van der Waals surface area contributed by atoms with Gasteiger partial charge in [-0.25, -0.2) is 0 Å². The van der Waals surface area contributed by atoms with Gasteiger partial charge in [0.25, 0.3) is 0 Å². The molecule has 1 rings (SSSR count). The molecule has 1 aromatic rings. The van der Waals surface area contributed by atoms with Crippen molar-refractivity contribution in [3.8, 4) is 29.6 Å². The fourth-order valence-electron chi connectivity index (χ4n) is 1.36. The fraction of sp³-hybridized carbons (Fsp3) is 0.333. The minimum Gasteiger partial charge on any atom is -0.496 e. The molecule has 0 aromatic heterocycles. The summed E-state index contributed by atoms with van der Waals surface area (Å²) in [4.78, 5) is 0. The number of terminal acetylenes is 1. The van der Waals surface area contributed by atoms with Gasteiger partial charge in [-0.1, -0.05) is 5.92 Å². The molecule has 0 amide bonds. The number of ether oxygens (including phenoxy) is 3. The summed E-state index contributed by atoms with van der Waals surface area (Å²) in [5.41, 5.74) is 0.475. The molecule has 0 bridgehead atoms. The number of aliphatic hydroxyl groups is 1. The van der Waals surface area contributed by atoms with E-state index in [1.807, 2.05) is 0 Å². The van der Waals surface area contributed by atoms with E-state index in [0.29, 0.717) is 22.8 Å². The van der Waals surface area contributed by atoms with Gasteiger partial charge in [-0.2, -0.15) is 0 Å². The van der Waals surface area contributed by atoms with Crippen LogP contribution in [0.2, 0.25) is 0 Å². The molecule has 0 aliphatic rings. The average Bonchev–Trinajstić information content (AvgIpc) is 2.35. The molecule has 4 heteroatoms. The number of benzene rings is 1. The smallest absolute Gasteiger partial charge is 0.164 e. The van der Waals surface area contributed by atoms with Gasteiger partial charge in [-0.3, -0.25) is 0 Å². The van der Waals surface area contributed by atoms with Crippen LogP contribution in [0, 0.1) is 12.3 Å². The van der Waals surface area contributed by atoms with E-state index >= 15 is 0 Å². The third-order valence-electron chi connectivity index (χ3n) is 2.19. The molecule has 0 aliphatic heterocycles. The van der Waals surface area contributed by atoms with Gasteiger partial charge in [0.1, 0.15) is 11.9 Å². The summed E-state index contributed by atoms with van der Waals surface area (Å²) >= 11 is 0. The van der Waals surface area contributed by atoms with Gasteiger partial charge in [0, 0.05) is 11.6 Å². The van der Waals surface area contributed by atoms with E-state index in [1.54, 1.807) is 12.1 Å². The maximum absolute atomic E-state index is 9.61. The van der Waals surface area contributed by atoms with Crippen molar-refractivity contribution in [3.05, 3.63) is 17.7 Å². The van der Waals surface area contributed by atoms with Gasteiger partial charge >= 0.3 is 0 Å². The van der Waals surface area contributed by atoms with Crippen LogP contribution in [0.3, 0.4) is 0 Å². The molecule has 0 heterocycles. The lowest BCUT2D eigenvalue weighted by Crippen LogP contribution is -2.00. The number of methoxy groups -OCH3 is 3. The highest BCUT2D eigenvalue weighted by molar-refractivity contribution is 5.52. The monoisotopic (exact) mass is 222 g/mol. The van der Waals surface area contributed by atoms with E-state index in [9.17, 15) is 5.11 Å². The van der Waals surface area contributed by atoms with E-state index in [1.165, 1.54) is 21.3 Å². The Morgan fingerprint density at radius 2 is 1.56 bits per heavy atom. The lowest BCUT2D eigenvalue weighted by atomic mass is 10.1. The second kappa shape index (κ2) is 5.29. The van der Waals surface area contributed by atoms with Crippen LogP contribution < -0.4 is 14.2 Å². The molecule has 4 nitrogen and oxygen atoms in total. The second-order valence-electron chi connectivity index (χ2n) is 3.02. The van der Waals surface area contributed by atoms with Gasteiger partial charge in [-0.05, 0) is 6.07 Å². The molecule has 1 aromatic carbocycles. The zero-order valence-electron chi connectivity index (χ0n) is 9.48. The predicted molar refractivity (Wildman–Crippen MR) is 59.9 cm³/mol. The third kappa shape index (κ3) is 2.20. The van der Waals surface area contributed by atoms with Crippen LogP contribution >= 0.6 is 0 Å². The third-order valence-corrected chi connectivity index (χ3v) is 2.19. The van der Waals surface area contributed by atoms with Crippen LogP contribution in [-0.4, -0.2) is 26.4 Å². The lowest BCUT2D eigenvalue weighted by Gasteiger charge is -2.15. The predicted octanol–water partition coefficient (Wildman–Crippen LogP) is 1.38. The molecule has 1 N–H and O–H groups in total. The standard InChI is InChI=1S/C12H14O4/c1-5-9(13)8-6-11(15-3)12(16-4)7-10(8)14-2/h1,6-7,9,13H,2-4H3. The number of aliphatic hydroxyl groups excluding tert-OH is 1. The Hall–Kier alpha value is -1.86. The van der Waals surface area contributed by atoms with E-state index < -0.39 is 6.10 Å². The number of hydrogen-bond donors (Lipinski definition) is 1. The van der Waals surface area contributed by atoms with Crippen molar-refractivity contribution in [2.24, 2.45) is 0 Å². The van der Waals surface area contributed by atoms with Crippen LogP contribution in [0.25, 0.3) is 0 Å². The zero-order chi connectivity index (χ0) is 12.1. The molecule has 86 valence electrons. The van der Waals surface area contributed by atoms with Crippen molar-refractivity contribution in [1.82, 2.24) is 0 Å². The van der Waals surface area contributed by atoms with Gasteiger partial charge in [0.05, 0.1) is 21.3 Å². The summed E-state index contributed by atoms with van der Waals surface area (Å²) in [6.07, 6.45) is 4.13. The van der Waals surface area contributed by atoms with Crippen molar-refractivity contribution in [2.45, 2.75) is 6.10 Å². The Morgan fingerprint density at radius 3 is 2.00 bits per heavy atom. The van der Waals surface area contributed by atoms with E-state index in [-0.39, 0.29) is 0 Å². The average molecular weight is 222 g/mol. The molecule has 0 radical (unpaired) electrons. The normalized spacial score (nSPS) is 11.4. The molecule has 0 fully saturated rings. The molecule has 0 saturated heterocycles. The first kappa shape index (κ1) is 12.2. The summed E-state index contributed by atoms with van der Waals surface area (Å²) in [5, 5.41) is 9.61. The minimum absolute atomic E-state index is 0.461. The molecular formula is C12H14O4. The molecule has 16 heavy (non-hydrogen) atoms. The summed E-state index contributed by atoms with van der Waals surface area (Å²) < 4.78 is 15.3. The van der Waals surface area contributed by atoms with E-state index in [2.05, 4.69) is 5.92 Å². The maximum atomic E-state index is 9.61. The summed E-state index contributed by atoms with van der Waals surface area (Å²) in [6.45, 7) is 0. The summed E-state index contributed by atoms with van der Waals surface area (Å²) in [6, 6.07) is 3.22. The molecule has 0 aliphatic carbocycles. The topological polar surface area (TPSA) is 47.9 Å². The van der Waals surface area contributed by atoms with Crippen LogP contribution in [0.4, 0.5) is 0 Å². The van der Waals surface area contributed by atoms with Crippen LogP contribution in [0.15, 0.2) is 12.1 Å². The highest BCUT2D eigenvalue weighted by Crippen LogP contribution is 2.37. The first-order chi connectivity index (χ1) is 7.67. The summed E-state index contributed by atoms with van der Waals surface area (Å²) in [7, 11) is 4.53. The lowest BCUT2D eigenvalue weighted by molar-refractivity contribution is 0.231. The SMILES string of the molecule is C#CC(O)c1cc(OC)c(OC)cc1OC. The zero-order valence-corrected chi connectivity index (χ0v) is 9.48. The summed E-state index contributed by atoms with van der Waals surface area (Å²) in [5.74, 6) is 3.70. The highest BCUT2D eigenvalue weighted by Gasteiger charge is 2.16. The molecule has 1 atom stereocenters. The number of hydrogen-bond acceptors (Lipinski definition) is 4. The Morgan fingerprint density at radius 1 is 1.06 bits per heavy atom. The van der Waals surface area contributed by atoms with Crippen LogP contribution in [0.1, 0.15) is 11.7 Å². The first-order valence-corrected chi connectivity index (χ1v) is 4.62. The maximum Gasteiger partial charge on any atom is 0.164 e. The van der Waals surface area contributed by atoms with Crippen molar-refractivity contribution >= 4 is 0 Å². The van der Waals surface area contributed by atoms with Crippen LogP contribution in [-0.2, 0) is 0 Å². The Bertz CT molecular complexity index is 406. The van der Waals surface area contributed by atoms with Crippen molar-refractivity contribution < 1.29 is 19.3 Å². The van der Waals surface area contributed by atoms with Gasteiger partial charge in [0.15, 0.2) is 11.5 Å². The van der Waals surface area contributed by atoms with Crippen LogP contribution in [0.5, 0.6) is 17.2 Å². The van der Waals surface area contributed by atoms with E-state index in [0.717, 1.165) is 0 Å². The Kier molecular flexibility index (Phi) is 4.03. The van der Waals surface area contributed by atoms with Gasteiger partial charge in [0.2, 0.25) is 0 Å². The minimum atomic E-state index is -1.03. The van der Waals surface area contributed by atoms with Crippen molar-refractivity contribution in [2.75, 3.05) is 21.3 Å². The van der Waals surface area contributed by atoms with Crippen molar-refractivity contribution in [3.63, 3.8) is 0 Å². The van der Waals surface area contributed by atoms with Gasteiger partial charge < -0.3 is 19.3 Å². The molecule has 1 unspecified atom stereocenters. The second-order valence-corrected chi connectivity index (χ2v) is 3.02. The Labute approximate surface area is 94.8 Å². The fourth-order valence-corrected chi connectivity index (χ4v) is 1.36. The quantitative estimate of drug-likeness (QED) is 0.782. The van der Waals surface area contributed by atoms with Gasteiger partial charge in [-0.15, -0.1) is 6.42 Å². The number of rotatable bonds is 4. The largest absolute Gasteiger partial charge is 0.496 e. The highest BCUT2D eigenvalue weighted by atomic mass is 16.5. The molecule has 0 spiro atoms. The Balaban J connectivity index is 3.32. The molecule has 0 saturated carbocycles. The van der Waals surface area contributed by atoms with Crippen molar-refractivity contribution in [1.29, 1.82) is 0 Å².